The Morgan fingerprint density at radius 1 is 1.27 bits per heavy atom. The molecule has 0 aliphatic heterocycles. The van der Waals surface area contributed by atoms with Crippen LogP contribution in [0.1, 0.15) is 12.5 Å². The van der Waals surface area contributed by atoms with Gasteiger partial charge in [-0.25, -0.2) is 4.79 Å². The van der Waals surface area contributed by atoms with E-state index in [-0.39, 0.29) is 18.6 Å². The van der Waals surface area contributed by atoms with Crippen molar-refractivity contribution in [3.8, 4) is 5.75 Å². The fourth-order valence-corrected chi connectivity index (χ4v) is 2.80. The second-order valence-electron chi connectivity index (χ2n) is 5.48. The van der Waals surface area contributed by atoms with Gasteiger partial charge in [0.05, 0.1) is 11.6 Å². The van der Waals surface area contributed by atoms with Gasteiger partial charge in [0.25, 0.3) is 5.56 Å². The summed E-state index contributed by atoms with van der Waals surface area (Å²) in [5, 5.41) is 10.0. The lowest BCUT2D eigenvalue weighted by atomic mass is 10.1. The van der Waals surface area contributed by atoms with E-state index < -0.39 is 12.1 Å². The molecule has 2 aromatic rings. The Morgan fingerprint density at radius 2 is 2.04 bits per heavy atom. The average Bonchev–Trinajstić information content (AvgIpc) is 2.58. The van der Waals surface area contributed by atoms with Gasteiger partial charge in [-0.05, 0) is 36.8 Å². The molecule has 1 unspecified atom stereocenters. The Kier molecular flexibility index (Phi) is 7.50. The zero-order valence-electron chi connectivity index (χ0n) is 14.2. The van der Waals surface area contributed by atoms with E-state index in [1.807, 2.05) is 0 Å². The number of carboxylic acids is 1. The number of benzene rings is 1. The third-order valence-electron chi connectivity index (χ3n) is 3.61. The molecule has 1 aromatic carbocycles. The quantitative estimate of drug-likeness (QED) is 0.699. The molecule has 0 saturated carbocycles. The van der Waals surface area contributed by atoms with E-state index >= 15 is 0 Å². The highest BCUT2D eigenvalue weighted by atomic mass is 35.5. The summed E-state index contributed by atoms with van der Waals surface area (Å²) in [4.78, 5) is 23.3. The van der Waals surface area contributed by atoms with E-state index in [1.54, 1.807) is 37.4 Å². The number of pyridine rings is 1. The Bertz CT molecular complexity index is 821. The topological polar surface area (TPSA) is 77.8 Å². The van der Waals surface area contributed by atoms with Gasteiger partial charge in [-0.2, -0.15) is 0 Å². The number of nitrogens with zero attached hydrogens (tertiary/aromatic N) is 1. The van der Waals surface area contributed by atoms with Gasteiger partial charge in [0.15, 0.2) is 6.10 Å². The van der Waals surface area contributed by atoms with Crippen LogP contribution in [0.2, 0.25) is 10.0 Å². The highest BCUT2D eigenvalue weighted by Gasteiger charge is 2.18. The summed E-state index contributed by atoms with van der Waals surface area (Å²) in [6.45, 7) is 2.59. The van der Waals surface area contributed by atoms with E-state index in [4.69, 9.17) is 37.8 Å². The van der Waals surface area contributed by atoms with Crippen LogP contribution in [0.4, 0.5) is 0 Å². The minimum Gasteiger partial charge on any atom is -0.490 e. The van der Waals surface area contributed by atoms with Gasteiger partial charge in [0, 0.05) is 30.3 Å². The van der Waals surface area contributed by atoms with Crippen LogP contribution >= 0.6 is 23.2 Å². The third kappa shape index (κ3) is 5.76. The lowest BCUT2D eigenvalue weighted by Crippen LogP contribution is -2.28. The normalized spacial score (nSPS) is 12.0. The molecule has 0 aliphatic rings. The number of halogens is 2. The molecule has 0 aliphatic carbocycles. The minimum absolute atomic E-state index is 0.135. The van der Waals surface area contributed by atoms with Gasteiger partial charge < -0.3 is 19.1 Å². The first-order valence-electron chi connectivity index (χ1n) is 8.02. The first kappa shape index (κ1) is 20.3. The van der Waals surface area contributed by atoms with Gasteiger partial charge in [0.1, 0.15) is 12.4 Å². The number of carbonyl (C=O) groups is 1. The summed E-state index contributed by atoms with van der Waals surface area (Å²) in [5.74, 6) is -0.564. The molecule has 0 saturated heterocycles. The van der Waals surface area contributed by atoms with Crippen molar-refractivity contribution in [3.63, 3.8) is 0 Å². The van der Waals surface area contributed by atoms with Crippen LogP contribution in [-0.4, -0.2) is 35.0 Å². The molecular formula is C18H19Cl2NO5. The van der Waals surface area contributed by atoms with Crippen molar-refractivity contribution in [2.75, 3.05) is 13.2 Å². The number of carboxylic acid groups (broad SMARTS) is 1. The number of rotatable bonds is 9. The molecule has 8 heteroatoms. The second kappa shape index (κ2) is 9.62. The fourth-order valence-electron chi connectivity index (χ4n) is 2.34. The lowest BCUT2D eigenvalue weighted by Gasteiger charge is -2.13. The van der Waals surface area contributed by atoms with Crippen LogP contribution in [0.15, 0.2) is 41.3 Å². The van der Waals surface area contributed by atoms with E-state index in [1.165, 1.54) is 10.6 Å². The van der Waals surface area contributed by atoms with Crippen LogP contribution in [0.5, 0.6) is 5.75 Å². The smallest absolute Gasteiger partial charge is 0.333 e. The predicted octanol–water partition coefficient (Wildman–Crippen LogP) is 3.27. The van der Waals surface area contributed by atoms with Crippen molar-refractivity contribution in [2.45, 2.75) is 26.0 Å². The van der Waals surface area contributed by atoms with Gasteiger partial charge in [-0.1, -0.05) is 23.2 Å². The highest BCUT2D eigenvalue weighted by Crippen LogP contribution is 2.27. The molecule has 1 heterocycles. The summed E-state index contributed by atoms with van der Waals surface area (Å²) >= 11 is 11.9. The number of hydrogen-bond donors (Lipinski definition) is 1. The molecule has 26 heavy (non-hydrogen) atoms. The molecule has 2 rings (SSSR count). The Balaban J connectivity index is 1.96. The molecular weight excluding hydrogens is 381 g/mol. The maximum Gasteiger partial charge on any atom is 0.333 e. The zero-order valence-corrected chi connectivity index (χ0v) is 15.7. The van der Waals surface area contributed by atoms with Crippen molar-refractivity contribution in [2.24, 2.45) is 0 Å². The van der Waals surface area contributed by atoms with Crippen molar-refractivity contribution in [3.05, 3.63) is 62.5 Å². The molecule has 0 fully saturated rings. The van der Waals surface area contributed by atoms with Crippen LogP contribution in [-0.2, 0) is 22.5 Å². The standard InChI is InChI=1S/C18H19Cl2NO5/c1-2-25-16(18(23)24)9-12-5-6-21(17(22)10-12)7-8-26-15-4-3-13(19)11-14(15)20/h3-6,10-11,16H,2,7-9H2,1H3,(H,23,24). The maximum atomic E-state index is 12.2. The van der Waals surface area contributed by atoms with E-state index in [0.717, 1.165) is 0 Å². The first-order chi connectivity index (χ1) is 12.4. The number of aliphatic carboxylic acids is 1. The van der Waals surface area contributed by atoms with Crippen LogP contribution in [0.25, 0.3) is 0 Å². The van der Waals surface area contributed by atoms with Gasteiger partial charge in [0.2, 0.25) is 0 Å². The molecule has 1 N–H and O–H groups in total. The average molecular weight is 400 g/mol. The maximum absolute atomic E-state index is 12.2. The highest BCUT2D eigenvalue weighted by molar-refractivity contribution is 6.35. The van der Waals surface area contributed by atoms with E-state index in [0.29, 0.717) is 34.5 Å². The fraction of sp³-hybridized carbons (Fsp3) is 0.333. The van der Waals surface area contributed by atoms with Gasteiger partial charge in [-0.3, -0.25) is 4.79 Å². The zero-order chi connectivity index (χ0) is 19.1. The molecule has 6 nitrogen and oxygen atoms in total. The second-order valence-corrected chi connectivity index (χ2v) is 6.32. The molecule has 0 spiro atoms. The van der Waals surface area contributed by atoms with E-state index in [2.05, 4.69) is 0 Å². The monoisotopic (exact) mass is 399 g/mol. The van der Waals surface area contributed by atoms with Gasteiger partial charge >= 0.3 is 5.97 Å². The SMILES string of the molecule is CCOC(Cc1ccn(CCOc2ccc(Cl)cc2Cl)c(=O)c1)C(=O)O. The molecule has 0 radical (unpaired) electrons. The summed E-state index contributed by atoms with van der Waals surface area (Å²) in [6, 6.07) is 8.02. The van der Waals surface area contributed by atoms with Crippen LogP contribution < -0.4 is 10.3 Å². The molecule has 140 valence electrons. The lowest BCUT2D eigenvalue weighted by molar-refractivity contribution is -0.149. The Morgan fingerprint density at radius 3 is 2.65 bits per heavy atom. The molecule has 1 aromatic heterocycles. The third-order valence-corrected chi connectivity index (χ3v) is 4.14. The predicted molar refractivity (Wildman–Crippen MR) is 99.4 cm³/mol. The first-order valence-corrected chi connectivity index (χ1v) is 8.78. The van der Waals surface area contributed by atoms with E-state index in [9.17, 15) is 9.59 Å². The Hall–Kier alpha value is -2.02. The number of ether oxygens (including phenoxy) is 2. The van der Waals surface area contributed by atoms with Crippen molar-refractivity contribution in [1.29, 1.82) is 0 Å². The van der Waals surface area contributed by atoms with Crippen molar-refractivity contribution >= 4 is 29.2 Å². The minimum atomic E-state index is -1.05. The summed E-state index contributed by atoms with van der Waals surface area (Å²) in [6.07, 6.45) is 0.775. The van der Waals surface area contributed by atoms with Gasteiger partial charge in [-0.15, -0.1) is 0 Å². The van der Waals surface area contributed by atoms with Crippen LogP contribution in [0.3, 0.4) is 0 Å². The van der Waals surface area contributed by atoms with Crippen molar-refractivity contribution < 1.29 is 19.4 Å². The largest absolute Gasteiger partial charge is 0.490 e. The molecule has 0 bridgehead atoms. The number of hydrogen-bond acceptors (Lipinski definition) is 4. The van der Waals surface area contributed by atoms with Crippen LogP contribution in [0, 0.1) is 0 Å². The number of aromatic nitrogens is 1. The molecule has 0 amide bonds. The summed E-state index contributed by atoms with van der Waals surface area (Å²) in [5.41, 5.74) is 0.364. The van der Waals surface area contributed by atoms with Crippen molar-refractivity contribution in [1.82, 2.24) is 4.57 Å². The summed E-state index contributed by atoms with van der Waals surface area (Å²) in [7, 11) is 0. The molecule has 1 atom stereocenters. The summed E-state index contributed by atoms with van der Waals surface area (Å²) < 4.78 is 12.2. The Labute approximate surface area is 160 Å².